The number of ether oxygens (including phenoxy) is 1. The van der Waals surface area contributed by atoms with Crippen molar-refractivity contribution in [3.05, 3.63) is 76.6 Å². The number of nitrogens with one attached hydrogen (secondary N) is 1. The Morgan fingerprint density at radius 3 is 2.46 bits per heavy atom. The van der Waals surface area contributed by atoms with E-state index in [2.05, 4.69) is 10.4 Å². The lowest BCUT2D eigenvalue weighted by molar-refractivity contribution is 0.0599. The number of rotatable bonds is 5. The normalized spacial score (nSPS) is 10.6. The maximum absolute atomic E-state index is 12.9. The van der Waals surface area contributed by atoms with Crippen LogP contribution in [0.3, 0.4) is 0 Å². The highest BCUT2D eigenvalue weighted by atomic mass is 16.5. The first kappa shape index (κ1) is 19.4. The van der Waals surface area contributed by atoms with Gasteiger partial charge in [-0.3, -0.25) is 4.79 Å². The maximum Gasteiger partial charge on any atom is 0.338 e. The highest BCUT2D eigenvalue weighted by Gasteiger charge is 2.19. The van der Waals surface area contributed by atoms with Crippen LogP contribution in [0.2, 0.25) is 0 Å². The number of carbonyl (C=O) groups excluding carboxylic acids is 2. The van der Waals surface area contributed by atoms with Crippen LogP contribution in [0.1, 0.15) is 44.5 Å². The van der Waals surface area contributed by atoms with E-state index < -0.39 is 5.97 Å². The molecule has 6 nitrogen and oxygen atoms in total. The van der Waals surface area contributed by atoms with Crippen molar-refractivity contribution in [2.45, 2.75) is 27.2 Å². The Bertz CT molecular complexity index is 1020. The van der Waals surface area contributed by atoms with E-state index in [0.717, 1.165) is 22.5 Å². The lowest BCUT2D eigenvalue weighted by atomic mass is 10.0. The monoisotopic (exact) mass is 377 g/mol. The van der Waals surface area contributed by atoms with Crippen LogP contribution < -0.4 is 5.32 Å². The molecule has 0 saturated heterocycles. The summed E-state index contributed by atoms with van der Waals surface area (Å²) in [6.07, 6.45) is 2.22. The molecule has 0 aliphatic heterocycles. The van der Waals surface area contributed by atoms with Crippen LogP contribution in [0.25, 0.3) is 5.69 Å². The van der Waals surface area contributed by atoms with Crippen molar-refractivity contribution >= 4 is 17.6 Å². The highest BCUT2D eigenvalue weighted by molar-refractivity contribution is 6.05. The van der Waals surface area contributed by atoms with Crippen LogP contribution in [0, 0.1) is 13.8 Å². The van der Waals surface area contributed by atoms with Crippen molar-refractivity contribution in [3.8, 4) is 5.69 Å². The number of nitrogens with zero attached hydrogens (tertiary/aromatic N) is 2. The van der Waals surface area contributed by atoms with Crippen LogP contribution >= 0.6 is 0 Å². The number of hydrogen-bond acceptors (Lipinski definition) is 4. The van der Waals surface area contributed by atoms with Crippen LogP contribution in [-0.4, -0.2) is 28.8 Å². The molecule has 1 amide bonds. The second-order valence-electron chi connectivity index (χ2n) is 6.52. The second-order valence-corrected chi connectivity index (χ2v) is 6.52. The Labute approximate surface area is 164 Å². The third-order valence-corrected chi connectivity index (χ3v) is 4.78. The average Bonchev–Trinajstić information content (AvgIpc) is 3.14. The van der Waals surface area contributed by atoms with Crippen molar-refractivity contribution in [2.24, 2.45) is 0 Å². The van der Waals surface area contributed by atoms with Crippen molar-refractivity contribution < 1.29 is 14.3 Å². The highest BCUT2D eigenvalue weighted by Crippen LogP contribution is 2.22. The molecule has 0 aliphatic rings. The molecular formula is C22H23N3O3. The zero-order chi connectivity index (χ0) is 20.3. The number of hydrogen-bond donors (Lipinski definition) is 1. The number of methoxy groups -OCH3 is 1. The third-order valence-electron chi connectivity index (χ3n) is 4.78. The van der Waals surface area contributed by atoms with Gasteiger partial charge in [0.25, 0.3) is 5.91 Å². The molecule has 1 N–H and O–H groups in total. The van der Waals surface area contributed by atoms with Crippen LogP contribution in [0.15, 0.2) is 48.7 Å². The number of amides is 1. The Hall–Kier alpha value is -3.41. The van der Waals surface area contributed by atoms with E-state index >= 15 is 0 Å². The summed E-state index contributed by atoms with van der Waals surface area (Å²) >= 11 is 0. The molecule has 0 aliphatic carbocycles. The summed E-state index contributed by atoms with van der Waals surface area (Å²) in [6, 6.07) is 13.2. The quantitative estimate of drug-likeness (QED) is 0.680. The van der Waals surface area contributed by atoms with E-state index in [-0.39, 0.29) is 5.91 Å². The number of para-hydroxylation sites is 1. The molecule has 0 atom stereocenters. The molecule has 0 unspecified atom stereocenters. The van der Waals surface area contributed by atoms with Gasteiger partial charge in [-0.15, -0.1) is 0 Å². The Morgan fingerprint density at radius 2 is 1.82 bits per heavy atom. The van der Waals surface area contributed by atoms with Crippen LogP contribution in [0.5, 0.6) is 0 Å². The van der Waals surface area contributed by atoms with Crippen LogP contribution in [0.4, 0.5) is 5.69 Å². The molecule has 0 fully saturated rings. The zero-order valence-electron chi connectivity index (χ0n) is 16.4. The molecule has 0 radical (unpaired) electrons. The van der Waals surface area contributed by atoms with Crippen molar-refractivity contribution in [1.82, 2.24) is 9.78 Å². The summed E-state index contributed by atoms with van der Waals surface area (Å²) in [5.74, 6) is -0.694. The molecule has 1 heterocycles. The van der Waals surface area contributed by atoms with Gasteiger partial charge in [-0.1, -0.05) is 25.1 Å². The summed E-state index contributed by atoms with van der Waals surface area (Å²) < 4.78 is 6.61. The van der Waals surface area contributed by atoms with Gasteiger partial charge in [0.1, 0.15) is 0 Å². The molecular weight excluding hydrogens is 354 g/mol. The Morgan fingerprint density at radius 1 is 1.11 bits per heavy atom. The molecule has 0 spiro atoms. The SMILES string of the molecule is CCc1c(C(=O)Nc2cc(C)c(C)c(C(=O)OC)c2)cnn1-c1ccccc1. The lowest BCUT2D eigenvalue weighted by Crippen LogP contribution is -2.15. The third kappa shape index (κ3) is 3.67. The van der Waals surface area contributed by atoms with E-state index in [4.69, 9.17) is 4.74 Å². The largest absolute Gasteiger partial charge is 0.465 e. The molecule has 6 heteroatoms. The van der Waals surface area contributed by atoms with Gasteiger partial charge in [0.15, 0.2) is 0 Å². The van der Waals surface area contributed by atoms with Gasteiger partial charge in [0.05, 0.1) is 35.8 Å². The number of esters is 1. The van der Waals surface area contributed by atoms with Gasteiger partial charge in [-0.2, -0.15) is 5.10 Å². The number of carbonyl (C=O) groups is 2. The minimum Gasteiger partial charge on any atom is -0.465 e. The number of aryl methyl sites for hydroxylation is 1. The fourth-order valence-electron chi connectivity index (χ4n) is 3.15. The summed E-state index contributed by atoms with van der Waals surface area (Å²) in [7, 11) is 1.34. The van der Waals surface area contributed by atoms with E-state index in [1.807, 2.05) is 57.2 Å². The minimum atomic E-state index is -0.428. The fourth-order valence-corrected chi connectivity index (χ4v) is 3.15. The van der Waals surface area contributed by atoms with E-state index in [1.165, 1.54) is 7.11 Å². The Kier molecular flexibility index (Phi) is 5.59. The van der Waals surface area contributed by atoms with Gasteiger partial charge >= 0.3 is 5.97 Å². The summed E-state index contributed by atoms with van der Waals surface area (Å²) in [6.45, 7) is 5.73. The zero-order valence-corrected chi connectivity index (χ0v) is 16.4. The molecule has 2 aromatic carbocycles. The van der Waals surface area contributed by atoms with Crippen LogP contribution in [-0.2, 0) is 11.2 Å². The molecule has 144 valence electrons. The van der Waals surface area contributed by atoms with E-state index in [1.54, 1.807) is 16.9 Å². The first-order chi connectivity index (χ1) is 13.5. The van der Waals surface area contributed by atoms with Gasteiger partial charge < -0.3 is 10.1 Å². The van der Waals surface area contributed by atoms with E-state index in [0.29, 0.717) is 23.2 Å². The van der Waals surface area contributed by atoms with Crippen molar-refractivity contribution in [2.75, 3.05) is 12.4 Å². The number of anilines is 1. The maximum atomic E-state index is 12.9. The predicted molar refractivity (Wildman–Crippen MR) is 108 cm³/mol. The first-order valence-electron chi connectivity index (χ1n) is 9.09. The molecule has 0 bridgehead atoms. The van der Waals surface area contributed by atoms with Gasteiger partial charge in [-0.05, 0) is 55.7 Å². The molecule has 28 heavy (non-hydrogen) atoms. The van der Waals surface area contributed by atoms with Gasteiger partial charge in [0, 0.05) is 5.69 Å². The lowest BCUT2D eigenvalue weighted by Gasteiger charge is -2.12. The molecule has 3 aromatic rings. The standard InChI is InChI=1S/C22H23N3O3/c1-5-20-19(13-23-25(20)17-9-7-6-8-10-17)21(26)24-16-11-14(2)15(3)18(12-16)22(27)28-4/h6-13H,5H2,1-4H3,(H,24,26). The topological polar surface area (TPSA) is 73.2 Å². The van der Waals surface area contributed by atoms with Gasteiger partial charge in [-0.25, -0.2) is 9.48 Å². The van der Waals surface area contributed by atoms with Crippen molar-refractivity contribution in [3.63, 3.8) is 0 Å². The average molecular weight is 377 g/mol. The molecule has 3 rings (SSSR count). The first-order valence-corrected chi connectivity index (χ1v) is 9.09. The Balaban J connectivity index is 1.93. The summed E-state index contributed by atoms with van der Waals surface area (Å²) in [4.78, 5) is 24.9. The predicted octanol–water partition coefficient (Wildman–Crippen LogP) is 4.09. The van der Waals surface area contributed by atoms with E-state index in [9.17, 15) is 9.59 Å². The number of benzene rings is 2. The summed E-state index contributed by atoms with van der Waals surface area (Å²) in [5.41, 5.74) is 4.93. The summed E-state index contributed by atoms with van der Waals surface area (Å²) in [5, 5.41) is 7.28. The number of aromatic nitrogens is 2. The molecule has 1 aromatic heterocycles. The van der Waals surface area contributed by atoms with Gasteiger partial charge in [0.2, 0.25) is 0 Å². The minimum absolute atomic E-state index is 0.266. The smallest absolute Gasteiger partial charge is 0.338 e. The molecule has 0 saturated carbocycles. The van der Waals surface area contributed by atoms with Crippen molar-refractivity contribution in [1.29, 1.82) is 0 Å². The fraction of sp³-hybridized carbons (Fsp3) is 0.227. The second kappa shape index (κ2) is 8.08.